The number of esters is 1. The molecule has 23 heavy (non-hydrogen) atoms. The number of hydrogen-bond donors (Lipinski definition) is 1. The summed E-state index contributed by atoms with van der Waals surface area (Å²) in [5.41, 5.74) is -0.751. The number of rotatable bonds is 2. The number of carbonyl (C=O) groups is 1. The van der Waals surface area contributed by atoms with Gasteiger partial charge < -0.3 is 9.84 Å². The summed E-state index contributed by atoms with van der Waals surface area (Å²) in [7, 11) is 0. The maximum atomic E-state index is 12.6. The lowest BCUT2D eigenvalue weighted by Crippen LogP contribution is -2.11. The predicted octanol–water partition coefficient (Wildman–Crippen LogP) is 2.20. The minimum atomic E-state index is -4.64. The van der Waals surface area contributed by atoms with E-state index in [2.05, 4.69) is 15.0 Å². The third-order valence-corrected chi connectivity index (χ3v) is 3.30. The summed E-state index contributed by atoms with van der Waals surface area (Å²) in [6, 6.07) is 4.20. The Morgan fingerprint density at radius 2 is 2.09 bits per heavy atom. The van der Waals surface area contributed by atoms with Crippen molar-refractivity contribution in [2.75, 3.05) is 0 Å². The van der Waals surface area contributed by atoms with Crippen molar-refractivity contribution in [2.24, 2.45) is 0 Å². The van der Waals surface area contributed by atoms with Gasteiger partial charge in [0.25, 0.3) is 0 Å². The highest BCUT2D eigenvalue weighted by atomic mass is 35.5. The van der Waals surface area contributed by atoms with Gasteiger partial charge in [-0.15, -0.1) is 5.10 Å². The second-order valence-corrected chi connectivity index (χ2v) is 5.03. The van der Waals surface area contributed by atoms with E-state index in [9.17, 15) is 23.1 Å². The molecule has 0 saturated heterocycles. The van der Waals surface area contributed by atoms with Crippen molar-refractivity contribution in [1.82, 2.24) is 15.0 Å². The molecule has 1 N–H and O–H groups in total. The molecule has 1 unspecified atom stereocenters. The summed E-state index contributed by atoms with van der Waals surface area (Å²) < 4.78 is 43.4. The number of halogens is 4. The van der Waals surface area contributed by atoms with Crippen LogP contribution in [0.3, 0.4) is 0 Å². The van der Waals surface area contributed by atoms with Crippen LogP contribution in [-0.2, 0) is 15.7 Å². The number of benzene rings is 1. The predicted molar refractivity (Wildman–Crippen MR) is 71.4 cm³/mol. The number of aromatic nitrogens is 3. The summed E-state index contributed by atoms with van der Waals surface area (Å²) in [5.74, 6) is -0.770. The smallest absolute Gasteiger partial charge is 0.428 e. The SMILES string of the molecule is O=C1C=C(c2cc(Cl)ccc2-n2cc(C(F)(F)F)nn2)C(O)O1. The number of carbonyl (C=O) groups excluding carboxylic acids is 1. The van der Waals surface area contributed by atoms with E-state index in [-0.39, 0.29) is 21.8 Å². The second kappa shape index (κ2) is 5.36. The van der Waals surface area contributed by atoms with Gasteiger partial charge in [0.2, 0.25) is 6.29 Å². The summed E-state index contributed by atoms with van der Waals surface area (Å²) >= 11 is 5.88. The number of hydrogen-bond acceptors (Lipinski definition) is 5. The fourth-order valence-corrected chi connectivity index (χ4v) is 2.24. The maximum absolute atomic E-state index is 12.6. The van der Waals surface area contributed by atoms with Crippen molar-refractivity contribution in [3.05, 3.63) is 46.8 Å². The van der Waals surface area contributed by atoms with Gasteiger partial charge in [-0.25, -0.2) is 9.48 Å². The number of cyclic esters (lactones) is 1. The summed E-state index contributed by atoms with van der Waals surface area (Å²) in [4.78, 5) is 11.2. The summed E-state index contributed by atoms with van der Waals surface area (Å²) in [6.45, 7) is 0. The molecule has 0 saturated carbocycles. The van der Waals surface area contributed by atoms with Gasteiger partial charge in [0, 0.05) is 22.2 Å². The first-order chi connectivity index (χ1) is 10.8. The molecular weight excluding hydrogens is 339 g/mol. The zero-order valence-electron chi connectivity index (χ0n) is 11.1. The molecule has 0 bridgehead atoms. The average molecular weight is 346 g/mol. The van der Waals surface area contributed by atoms with Crippen LogP contribution in [0.25, 0.3) is 11.3 Å². The highest BCUT2D eigenvalue weighted by Crippen LogP contribution is 2.33. The van der Waals surface area contributed by atoms with Crippen molar-refractivity contribution < 1.29 is 27.8 Å². The highest BCUT2D eigenvalue weighted by Gasteiger charge is 2.35. The molecule has 0 fully saturated rings. The van der Waals surface area contributed by atoms with Crippen LogP contribution < -0.4 is 0 Å². The van der Waals surface area contributed by atoms with E-state index in [1.165, 1.54) is 18.2 Å². The Labute approximate surface area is 131 Å². The van der Waals surface area contributed by atoms with Crippen LogP contribution in [0, 0.1) is 0 Å². The zero-order chi connectivity index (χ0) is 16.8. The molecule has 120 valence electrons. The van der Waals surface area contributed by atoms with Crippen LogP contribution >= 0.6 is 11.6 Å². The zero-order valence-corrected chi connectivity index (χ0v) is 11.8. The maximum Gasteiger partial charge on any atom is 0.436 e. The fraction of sp³-hybridized carbons (Fsp3) is 0.154. The van der Waals surface area contributed by atoms with Crippen LogP contribution in [0.5, 0.6) is 0 Å². The van der Waals surface area contributed by atoms with Gasteiger partial charge in [-0.1, -0.05) is 16.8 Å². The second-order valence-electron chi connectivity index (χ2n) is 4.60. The molecule has 1 aliphatic heterocycles. The summed E-state index contributed by atoms with van der Waals surface area (Å²) in [5, 5.41) is 16.5. The molecule has 3 rings (SSSR count). The van der Waals surface area contributed by atoms with E-state index in [0.717, 1.165) is 10.8 Å². The fourth-order valence-electron chi connectivity index (χ4n) is 2.07. The average Bonchev–Trinajstić information content (AvgIpc) is 3.05. The number of alkyl halides is 3. The van der Waals surface area contributed by atoms with Gasteiger partial charge in [0.15, 0.2) is 5.69 Å². The van der Waals surface area contributed by atoms with E-state index < -0.39 is 24.1 Å². The molecule has 1 atom stereocenters. The number of ether oxygens (including phenoxy) is 1. The third-order valence-electron chi connectivity index (χ3n) is 3.07. The van der Waals surface area contributed by atoms with Crippen molar-refractivity contribution >= 4 is 23.1 Å². The van der Waals surface area contributed by atoms with Crippen LogP contribution in [0.15, 0.2) is 30.5 Å². The topological polar surface area (TPSA) is 77.2 Å². The monoisotopic (exact) mass is 345 g/mol. The van der Waals surface area contributed by atoms with Crippen LogP contribution in [0.4, 0.5) is 13.2 Å². The molecule has 1 aromatic carbocycles. The number of aliphatic hydroxyl groups is 1. The minimum absolute atomic E-state index is 0.0663. The quantitative estimate of drug-likeness (QED) is 0.844. The Morgan fingerprint density at radius 3 is 2.65 bits per heavy atom. The van der Waals surface area contributed by atoms with Gasteiger partial charge in [-0.05, 0) is 18.2 Å². The molecule has 0 spiro atoms. The van der Waals surface area contributed by atoms with Gasteiger partial charge in [-0.2, -0.15) is 13.2 Å². The lowest BCUT2D eigenvalue weighted by atomic mass is 10.0. The normalized spacial score (nSPS) is 18.0. The largest absolute Gasteiger partial charge is 0.436 e. The molecular formula is C13H7ClF3N3O3. The Morgan fingerprint density at radius 1 is 1.35 bits per heavy atom. The van der Waals surface area contributed by atoms with E-state index in [4.69, 9.17) is 11.6 Å². The van der Waals surface area contributed by atoms with Gasteiger partial charge in [0.05, 0.1) is 11.9 Å². The molecule has 0 amide bonds. The van der Waals surface area contributed by atoms with Crippen molar-refractivity contribution in [3.8, 4) is 5.69 Å². The van der Waals surface area contributed by atoms with Gasteiger partial charge in [0.1, 0.15) is 0 Å². The lowest BCUT2D eigenvalue weighted by molar-refractivity contribution is -0.149. The Kier molecular flexibility index (Phi) is 3.61. The van der Waals surface area contributed by atoms with Crippen molar-refractivity contribution in [2.45, 2.75) is 12.5 Å². The number of aliphatic hydroxyl groups excluding tert-OH is 1. The molecule has 2 heterocycles. The molecule has 6 nitrogen and oxygen atoms in total. The van der Waals surface area contributed by atoms with Crippen LogP contribution in [0.2, 0.25) is 5.02 Å². The first-order valence-electron chi connectivity index (χ1n) is 6.16. The Hall–Kier alpha value is -2.39. The third kappa shape index (κ3) is 2.92. The van der Waals surface area contributed by atoms with E-state index >= 15 is 0 Å². The molecule has 1 aromatic heterocycles. The molecule has 2 aromatic rings. The van der Waals surface area contributed by atoms with Crippen LogP contribution in [-0.4, -0.2) is 32.4 Å². The number of nitrogens with zero attached hydrogens (tertiary/aromatic N) is 3. The molecule has 1 aliphatic rings. The van der Waals surface area contributed by atoms with Crippen LogP contribution in [0.1, 0.15) is 11.3 Å². The molecule has 10 heteroatoms. The lowest BCUT2D eigenvalue weighted by Gasteiger charge is -2.13. The van der Waals surface area contributed by atoms with E-state index in [0.29, 0.717) is 6.20 Å². The first-order valence-corrected chi connectivity index (χ1v) is 6.53. The Bertz CT molecular complexity index is 816. The van der Waals surface area contributed by atoms with E-state index in [1.807, 2.05) is 0 Å². The van der Waals surface area contributed by atoms with E-state index in [1.54, 1.807) is 0 Å². The van der Waals surface area contributed by atoms with Crippen molar-refractivity contribution in [1.29, 1.82) is 0 Å². The van der Waals surface area contributed by atoms with Gasteiger partial charge in [-0.3, -0.25) is 0 Å². The molecule has 0 aliphatic carbocycles. The Balaban J connectivity index is 2.12. The van der Waals surface area contributed by atoms with Gasteiger partial charge >= 0.3 is 12.1 Å². The highest BCUT2D eigenvalue weighted by molar-refractivity contribution is 6.30. The minimum Gasteiger partial charge on any atom is -0.428 e. The summed E-state index contributed by atoms with van der Waals surface area (Å²) in [6.07, 6.45) is -4.46. The first kappa shape index (κ1) is 15.5. The van der Waals surface area contributed by atoms with Crippen molar-refractivity contribution in [3.63, 3.8) is 0 Å². The standard InChI is InChI=1S/C13H7ClF3N3O3/c14-6-1-2-9(20-5-10(18-19-20)13(15,16)17)7(3-6)8-4-11(21)23-12(8)22/h1-5,12,22H. The molecule has 0 radical (unpaired) electrons.